The van der Waals surface area contributed by atoms with Crippen molar-refractivity contribution in [2.45, 2.75) is 39.2 Å². The van der Waals surface area contributed by atoms with E-state index in [0.29, 0.717) is 5.92 Å². The number of aryl methyl sites for hydroxylation is 1. The van der Waals surface area contributed by atoms with Crippen molar-refractivity contribution in [1.82, 2.24) is 25.5 Å². The molecule has 1 aliphatic rings. The molecule has 2 aromatic heterocycles. The molecule has 3 heterocycles. The highest BCUT2D eigenvalue weighted by Crippen LogP contribution is 2.20. The maximum absolute atomic E-state index is 4.71. The summed E-state index contributed by atoms with van der Waals surface area (Å²) in [5.41, 5.74) is 3.78. The van der Waals surface area contributed by atoms with Crippen LogP contribution in [0.2, 0.25) is 0 Å². The van der Waals surface area contributed by atoms with Crippen LogP contribution < -0.4 is 10.6 Å². The first-order chi connectivity index (χ1) is 15.2. The predicted octanol–water partition coefficient (Wildman–Crippen LogP) is 4.42. The van der Waals surface area contributed by atoms with Gasteiger partial charge in [0.25, 0.3) is 0 Å². The number of likely N-dealkylation sites (tertiary alicyclic amines) is 1. The number of aromatic amines is 1. The van der Waals surface area contributed by atoms with E-state index in [-0.39, 0.29) is 24.0 Å². The molecule has 3 N–H and O–H groups in total. The Labute approximate surface area is 212 Å². The average Bonchev–Trinajstić information content (AvgIpc) is 3.44. The second kappa shape index (κ2) is 12.6. The Morgan fingerprint density at radius 1 is 1.25 bits per heavy atom. The topological polar surface area (TPSA) is 68.3 Å². The van der Waals surface area contributed by atoms with Crippen molar-refractivity contribution in [3.63, 3.8) is 0 Å². The number of aliphatic imine (C=N–C) groups is 1. The van der Waals surface area contributed by atoms with Crippen LogP contribution in [-0.2, 0) is 19.4 Å². The van der Waals surface area contributed by atoms with Crippen LogP contribution in [-0.4, -0.2) is 54.1 Å². The van der Waals surface area contributed by atoms with Crippen LogP contribution in [0.4, 0.5) is 0 Å². The number of aromatic nitrogens is 2. The predicted molar refractivity (Wildman–Crippen MR) is 146 cm³/mol. The van der Waals surface area contributed by atoms with Gasteiger partial charge in [-0.3, -0.25) is 9.89 Å². The Morgan fingerprint density at radius 2 is 2.06 bits per heavy atom. The van der Waals surface area contributed by atoms with Crippen molar-refractivity contribution >= 4 is 52.2 Å². The largest absolute Gasteiger partial charge is 0.361 e. The molecular weight excluding hydrogens is 531 g/mol. The summed E-state index contributed by atoms with van der Waals surface area (Å²) >= 11 is 1.79. The van der Waals surface area contributed by atoms with Gasteiger partial charge in [-0.2, -0.15) is 0 Å². The summed E-state index contributed by atoms with van der Waals surface area (Å²) in [6, 6.07) is 8.46. The van der Waals surface area contributed by atoms with Crippen molar-refractivity contribution in [3.8, 4) is 0 Å². The summed E-state index contributed by atoms with van der Waals surface area (Å²) in [4.78, 5) is 15.0. The summed E-state index contributed by atoms with van der Waals surface area (Å²) in [7, 11) is 1.85. The third-order valence-electron chi connectivity index (χ3n) is 6.14. The molecule has 0 unspecified atom stereocenters. The van der Waals surface area contributed by atoms with E-state index in [9.17, 15) is 0 Å². The van der Waals surface area contributed by atoms with Crippen LogP contribution in [0, 0.1) is 5.92 Å². The van der Waals surface area contributed by atoms with Crippen molar-refractivity contribution in [3.05, 3.63) is 52.1 Å². The highest BCUT2D eigenvalue weighted by molar-refractivity contribution is 14.0. The van der Waals surface area contributed by atoms with Gasteiger partial charge in [-0.1, -0.05) is 25.1 Å². The monoisotopic (exact) mass is 566 g/mol. The van der Waals surface area contributed by atoms with E-state index < -0.39 is 0 Å². The van der Waals surface area contributed by atoms with E-state index in [4.69, 9.17) is 4.98 Å². The fourth-order valence-corrected chi connectivity index (χ4v) is 5.01. The summed E-state index contributed by atoms with van der Waals surface area (Å²) in [5, 5.41) is 11.8. The Bertz CT molecular complexity index is 989. The number of nitrogens with zero attached hydrogens (tertiary/aromatic N) is 3. The van der Waals surface area contributed by atoms with Gasteiger partial charge in [0.1, 0.15) is 0 Å². The summed E-state index contributed by atoms with van der Waals surface area (Å²) in [6.07, 6.45) is 6.58. The maximum Gasteiger partial charge on any atom is 0.190 e. The van der Waals surface area contributed by atoms with Crippen molar-refractivity contribution in [2.24, 2.45) is 10.9 Å². The maximum atomic E-state index is 4.71. The average molecular weight is 567 g/mol. The minimum Gasteiger partial charge on any atom is -0.361 e. The molecule has 6 nitrogen and oxygen atoms in total. The molecule has 0 spiro atoms. The Kier molecular flexibility index (Phi) is 9.80. The number of rotatable bonds is 8. The molecule has 32 heavy (non-hydrogen) atoms. The van der Waals surface area contributed by atoms with Crippen molar-refractivity contribution < 1.29 is 0 Å². The van der Waals surface area contributed by atoms with E-state index in [2.05, 4.69) is 68.3 Å². The fourth-order valence-electron chi connectivity index (χ4n) is 4.28. The summed E-state index contributed by atoms with van der Waals surface area (Å²) in [6.45, 7) is 7.32. The van der Waals surface area contributed by atoms with Crippen LogP contribution >= 0.6 is 35.3 Å². The Balaban J connectivity index is 0.00000289. The molecule has 1 fully saturated rings. The summed E-state index contributed by atoms with van der Waals surface area (Å²) < 4.78 is 0. The molecule has 1 saturated heterocycles. The van der Waals surface area contributed by atoms with Gasteiger partial charge < -0.3 is 15.6 Å². The lowest BCUT2D eigenvalue weighted by Gasteiger charge is -2.31. The number of para-hydroxylation sites is 1. The number of thiazole rings is 1. The van der Waals surface area contributed by atoms with Gasteiger partial charge in [0, 0.05) is 49.2 Å². The molecule has 1 aromatic carbocycles. The lowest BCUT2D eigenvalue weighted by molar-refractivity contribution is 0.176. The number of benzene rings is 1. The normalized spacial score (nSPS) is 15.6. The van der Waals surface area contributed by atoms with Crippen LogP contribution in [0.1, 0.15) is 36.0 Å². The van der Waals surface area contributed by atoms with Crippen LogP contribution in [0.3, 0.4) is 0 Å². The van der Waals surface area contributed by atoms with Gasteiger partial charge in [-0.15, -0.1) is 35.3 Å². The highest BCUT2D eigenvalue weighted by atomic mass is 127. The van der Waals surface area contributed by atoms with Gasteiger partial charge in [0.15, 0.2) is 5.96 Å². The molecule has 4 rings (SSSR count). The molecular formula is C24H35IN6S. The quantitative estimate of drug-likeness (QED) is 0.215. The highest BCUT2D eigenvalue weighted by Gasteiger charge is 2.20. The van der Waals surface area contributed by atoms with E-state index in [1.165, 1.54) is 40.0 Å². The first kappa shape index (κ1) is 25.0. The number of hydrogen-bond donors (Lipinski definition) is 3. The number of nitrogens with one attached hydrogen (secondary N) is 3. The van der Waals surface area contributed by atoms with Crippen LogP contribution in [0.15, 0.2) is 40.8 Å². The second-order valence-electron chi connectivity index (χ2n) is 8.30. The van der Waals surface area contributed by atoms with Crippen molar-refractivity contribution in [2.75, 3.05) is 33.2 Å². The standard InChI is InChI=1S/C24H34N6S.HI/c1-3-23-29-20(17-31-23)16-30-12-9-18(10-13-30)14-28-24(25-2)26-11-8-19-15-27-22-7-5-4-6-21(19)22;/h4-7,15,17-18,27H,3,8-14,16H2,1-2H3,(H2,25,26,28);1H. The molecule has 174 valence electrons. The lowest BCUT2D eigenvalue weighted by atomic mass is 9.97. The number of piperidine rings is 1. The number of H-pyrrole nitrogens is 1. The zero-order valence-corrected chi connectivity index (χ0v) is 22.2. The minimum absolute atomic E-state index is 0. The van der Waals surface area contributed by atoms with Gasteiger partial charge in [-0.05, 0) is 56.3 Å². The fraction of sp³-hybridized carbons (Fsp3) is 0.500. The zero-order valence-electron chi connectivity index (χ0n) is 19.1. The molecule has 3 aromatic rings. The first-order valence-electron chi connectivity index (χ1n) is 11.4. The van der Waals surface area contributed by atoms with Crippen LogP contribution in [0.5, 0.6) is 0 Å². The SMILES string of the molecule is CCc1nc(CN2CCC(CNC(=NC)NCCc3c[nH]c4ccccc34)CC2)cs1.I. The first-order valence-corrected chi connectivity index (χ1v) is 12.3. The zero-order chi connectivity index (χ0) is 21.5. The minimum atomic E-state index is 0. The van der Waals surface area contributed by atoms with E-state index >= 15 is 0 Å². The van der Waals surface area contributed by atoms with E-state index in [1.807, 2.05) is 7.05 Å². The molecule has 0 amide bonds. The molecule has 0 radical (unpaired) electrons. The smallest absolute Gasteiger partial charge is 0.190 e. The molecule has 1 aliphatic heterocycles. The van der Waals surface area contributed by atoms with E-state index in [0.717, 1.165) is 51.5 Å². The van der Waals surface area contributed by atoms with Gasteiger partial charge >= 0.3 is 0 Å². The van der Waals surface area contributed by atoms with Gasteiger partial charge in [-0.25, -0.2) is 4.98 Å². The number of fused-ring (bicyclic) bond motifs is 1. The third-order valence-corrected chi connectivity index (χ3v) is 7.18. The molecule has 8 heteroatoms. The molecule has 0 bridgehead atoms. The number of hydrogen-bond acceptors (Lipinski definition) is 4. The Hall–Kier alpha value is -1.65. The van der Waals surface area contributed by atoms with Gasteiger partial charge in [0.05, 0.1) is 10.7 Å². The molecule has 0 saturated carbocycles. The van der Waals surface area contributed by atoms with E-state index in [1.54, 1.807) is 11.3 Å². The summed E-state index contributed by atoms with van der Waals surface area (Å²) in [5.74, 6) is 1.60. The molecule has 0 aliphatic carbocycles. The number of guanidine groups is 1. The lowest BCUT2D eigenvalue weighted by Crippen LogP contribution is -2.43. The van der Waals surface area contributed by atoms with Crippen LogP contribution in [0.25, 0.3) is 10.9 Å². The third kappa shape index (κ3) is 6.68. The van der Waals surface area contributed by atoms with Crippen molar-refractivity contribution in [1.29, 1.82) is 0 Å². The Morgan fingerprint density at radius 3 is 2.81 bits per heavy atom. The second-order valence-corrected chi connectivity index (χ2v) is 9.24. The molecule has 0 atom stereocenters. The van der Waals surface area contributed by atoms with Gasteiger partial charge in [0.2, 0.25) is 0 Å². The number of halogens is 1.